The minimum absolute atomic E-state index is 0.00401. The second-order valence-electron chi connectivity index (χ2n) is 3.99. The highest BCUT2D eigenvalue weighted by molar-refractivity contribution is 6.33. The first-order valence-electron chi connectivity index (χ1n) is 5.65. The summed E-state index contributed by atoms with van der Waals surface area (Å²) in [6.07, 6.45) is 0. The Labute approximate surface area is 119 Å². The van der Waals surface area contributed by atoms with E-state index in [2.05, 4.69) is 4.74 Å². The fourth-order valence-corrected chi connectivity index (χ4v) is 2.03. The number of hydrogen-bond acceptors (Lipinski definition) is 4. The van der Waals surface area contributed by atoms with Crippen LogP contribution in [-0.2, 0) is 4.74 Å². The van der Waals surface area contributed by atoms with E-state index in [-0.39, 0.29) is 16.3 Å². The summed E-state index contributed by atoms with van der Waals surface area (Å²) in [4.78, 5) is 21.7. The van der Waals surface area contributed by atoms with Crippen LogP contribution in [-0.4, -0.2) is 18.0 Å². The lowest BCUT2D eigenvalue weighted by Gasteiger charge is -2.06. The van der Waals surface area contributed by atoms with Gasteiger partial charge in [0.05, 0.1) is 22.6 Å². The number of nitrogens with zero attached hydrogens (tertiary/aromatic N) is 1. The van der Waals surface area contributed by atoms with Crippen LogP contribution in [0.2, 0.25) is 5.02 Å². The number of ether oxygens (including phenoxy) is 1. The molecular formula is C14H10ClNO4. The van der Waals surface area contributed by atoms with Crippen LogP contribution in [0.5, 0.6) is 0 Å². The number of rotatable bonds is 3. The van der Waals surface area contributed by atoms with Crippen molar-refractivity contribution in [2.24, 2.45) is 0 Å². The Morgan fingerprint density at radius 1 is 1.20 bits per heavy atom. The lowest BCUT2D eigenvalue weighted by atomic mass is 10.0. The van der Waals surface area contributed by atoms with E-state index >= 15 is 0 Å². The molecule has 0 saturated heterocycles. The van der Waals surface area contributed by atoms with E-state index < -0.39 is 10.9 Å². The Morgan fingerprint density at radius 3 is 2.50 bits per heavy atom. The molecule has 0 heterocycles. The zero-order chi connectivity index (χ0) is 14.7. The number of hydrogen-bond donors (Lipinski definition) is 0. The second kappa shape index (κ2) is 5.71. The van der Waals surface area contributed by atoms with Gasteiger partial charge in [-0.2, -0.15) is 0 Å². The summed E-state index contributed by atoms with van der Waals surface area (Å²) in [5.41, 5.74) is 1.59. The third-order valence-corrected chi connectivity index (χ3v) is 3.08. The molecule has 0 N–H and O–H groups in total. The number of carbonyl (C=O) groups excluding carboxylic acids is 1. The first-order chi connectivity index (χ1) is 9.52. The Hall–Kier alpha value is -2.40. The lowest BCUT2D eigenvalue weighted by molar-refractivity contribution is -0.384. The predicted molar refractivity (Wildman–Crippen MR) is 74.9 cm³/mol. The number of methoxy groups -OCH3 is 1. The molecule has 0 amide bonds. The summed E-state index contributed by atoms with van der Waals surface area (Å²) >= 11 is 6.02. The molecule has 0 unspecified atom stereocenters. The van der Waals surface area contributed by atoms with Crippen molar-refractivity contribution in [3.8, 4) is 11.1 Å². The highest BCUT2D eigenvalue weighted by Gasteiger charge is 2.13. The Balaban J connectivity index is 2.44. The van der Waals surface area contributed by atoms with E-state index in [0.29, 0.717) is 11.1 Å². The van der Waals surface area contributed by atoms with Gasteiger partial charge in [0.2, 0.25) is 0 Å². The number of esters is 1. The van der Waals surface area contributed by atoms with Crippen LogP contribution in [0, 0.1) is 10.1 Å². The van der Waals surface area contributed by atoms with Crippen LogP contribution in [0.1, 0.15) is 10.4 Å². The molecule has 2 aromatic rings. The maximum atomic E-state index is 11.4. The number of benzene rings is 2. The highest BCUT2D eigenvalue weighted by atomic mass is 35.5. The Morgan fingerprint density at radius 2 is 1.90 bits per heavy atom. The summed E-state index contributed by atoms with van der Waals surface area (Å²) < 4.78 is 4.60. The molecule has 20 heavy (non-hydrogen) atoms. The molecule has 2 rings (SSSR count). The van der Waals surface area contributed by atoms with Gasteiger partial charge in [0.25, 0.3) is 5.69 Å². The van der Waals surface area contributed by atoms with Gasteiger partial charge in [0.1, 0.15) is 0 Å². The van der Waals surface area contributed by atoms with Crippen LogP contribution in [0.15, 0.2) is 42.5 Å². The van der Waals surface area contributed by atoms with Crippen molar-refractivity contribution in [3.05, 3.63) is 63.2 Å². The van der Waals surface area contributed by atoms with Crippen molar-refractivity contribution in [3.63, 3.8) is 0 Å². The SMILES string of the molecule is COC(=O)c1ccc(-c2cccc([N+](=O)[O-])c2)cc1Cl. The van der Waals surface area contributed by atoms with Crippen LogP contribution in [0.25, 0.3) is 11.1 Å². The quantitative estimate of drug-likeness (QED) is 0.491. The fraction of sp³-hybridized carbons (Fsp3) is 0.0714. The molecule has 0 bridgehead atoms. The van der Waals surface area contributed by atoms with E-state index in [4.69, 9.17) is 11.6 Å². The highest BCUT2D eigenvalue weighted by Crippen LogP contribution is 2.28. The van der Waals surface area contributed by atoms with Gasteiger partial charge in [-0.25, -0.2) is 4.79 Å². The molecule has 0 radical (unpaired) electrons. The van der Waals surface area contributed by atoms with Gasteiger partial charge in [0.15, 0.2) is 0 Å². The Kier molecular flexibility index (Phi) is 4.00. The number of nitro groups is 1. The summed E-state index contributed by atoms with van der Waals surface area (Å²) in [6, 6.07) is 11.0. The minimum atomic E-state index is -0.527. The monoisotopic (exact) mass is 291 g/mol. The molecule has 0 spiro atoms. The van der Waals surface area contributed by atoms with E-state index in [1.54, 1.807) is 24.3 Å². The number of non-ortho nitro benzene ring substituents is 1. The van der Waals surface area contributed by atoms with E-state index in [9.17, 15) is 14.9 Å². The maximum Gasteiger partial charge on any atom is 0.339 e. The molecule has 2 aromatic carbocycles. The standard InChI is InChI=1S/C14H10ClNO4/c1-20-14(17)12-6-5-10(8-13(12)15)9-3-2-4-11(7-9)16(18)19/h2-8H,1H3. The molecule has 102 valence electrons. The minimum Gasteiger partial charge on any atom is -0.465 e. The molecular weight excluding hydrogens is 282 g/mol. The average Bonchev–Trinajstić information content (AvgIpc) is 2.46. The summed E-state index contributed by atoms with van der Waals surface area (Å²) in [6.45, 7) is 0. The summed E-state index contributed by atoms with van der Waals surface area (Å²) in [7, 11) is 1.27. The molecule has 0 aliphatic heterocycles. The molecule has 0 saturated carbocycles. The Bertz CT molecular complexity index is 685. The molecule has 0 aliphatic carbocycles. The first-order valence-corrected chi connectivity index (χ1v) is 6.03. The average molecular weight is 292 g/mol. The molecule has 5 nitrogen and oxygen atoms in total. The lowest BCUT2D eigenvalue weighted by Crippen LogP contribution is -2.01. The van der Waals surface area contributed by atoms with Gasteiger partial charge in [-0.15, -0.1) is 0 Å². The van der Waals surface area contributed by atoms with E-state index in [1.165, 1.54) is 25.3 Å². The van der Waals surface area contributed by atoms with Gasteiger partial charge in [-0.05, 0) is 23.3 Å². The predicted octanol–water partition coefficient (Wildman–Crippen LogP) is 3.70. The summed E-state index contributed by atoms with van der Waals surface area (Å²) in [5, 5.41) is 11.0. The normalized spacial score (nSPS) is 10.1. The van der Waals surface area contributed by atoms with Crippen molar-refractivity contribution in [2.45, 2.75) is 0 Å². The number of carbonyl (C=O) groups is 1. The molecule has 0 atom stereocenters. The van der Waals surface area contributed by atoms with Gasteiger partial charge < -0.3 is 4.74 Å². The zero-order valence-corrected chi connectivity index (χ0v) is 11.3. The van der Waals surface area contributed by atoms with Crippen molar-refractivity contribution in [1.29, 1.82) is 0 Å². The largest absolute Gasteiger partial charge is 0.465 e. The number of halogens is 1. The number of nitro benzene ring substituents is 1. The first kappa shape index (κ1) is 14.0. The van der Waals surface area contributed by atoms with E-state index in [0.717, 1.165) is 0 Å². The van der Waals surface area contributed by atoms with Crippen molar-refractivity contribution in [2.75, 3.05) is 7.11 Å². The van der Waals surface area contributed by atoms with Gasteiger partial charge >= 0.3 is 5.97 Å². The molecule has 0 aromatic heterocycles. The molecule has 0 aliphatic rings. The second-order valence-corrected chi connectivity index (χ2v) is 4.40. The summed E-state index contributed by atoms with van der Waals surface area (Å²) in [5.74, 6) is -0.527. The van der Waals surface area contributed by atoms with Crippen LogP contribution >= 0.6 is 11.6 Å². The zero-order valence-electron chi connectivity index (χ0n) is 10.5. The maximum absolute atomic E-state index is 11.4. The van der Waals surface area contributed by atoms with Crippen molar-refractivity contribution in [1.82, 2.24) is 0 Å². The molecule has 0 fully saturated rings. The fourth-order valence-electron chi connectivity index (χ4n) is 1.77. The van der Waals surface area contributed by atoms with Gasteiger partial charge in [-0.1, -0.05) is 29.8 Å². The van der Waals surface area contributed by atoms with Crippen LogP contribution in [0.3, 0.4) is 0 Å². The topological polar surface area (TPSA) is 69.4 Å². The third-order valence-electron chi connectivity index (χ3n) is 2.76. The van der Waals surface area contributed by atoms with Crippen LogP contribution < -0.4 is 0 Å². The van der Waals surface area contributed by atoms with Crippen molar-refractivity contribution < 1.29 is 14.5 Å². The van der Waals surface area contributed by atoms with Gasteiger partial charge in [-0.3, -0.25) is 10.1 Å². The smallest absolute Gasteiger partial charge is 0.339 e. The molecule has 6 heteroatoms. The van der Waals surface area contributed by atoms with Crippen molar-refractivity contribution >= 4 is 23.3 Å². The van der Waals surface area contributed by atoms with E-state index in [1.807, 2.05) is 0 Å². The van der Waals surface area contributed by atoms with Gasteiger partial charge in [0, 0.05) is 12.1 Å². The van der Waals surface area contributed by atoms with Crippen LogP contribution in [0.4, 0.5) is 5.69 Å². The third kappa shape index (κ3) is 2.78.